The standard InChI is InChI=1S/C22H19ClN4O4S3/c1-2-27-17-9-8-15(23)10-18(17)33-22(27)26-20(29)13-34(30,31)12-19(28)25-21-24-16(11-32-21)14-6-4-3-5-7-14/h3-11H,2,12-13H2,1H3,(H,24,25,28). The number of carbonyl (C=O) groups excluding carboxylic acids is 2. The third kappa shape index (κ3) is 5.79. The first-order chi connectivity index (χ1) is 16.2. The smallest absolute Gasteiger partial charge is 0.263 e. The number of nitrogens with zero attached hydrogens (tertiary/aromatic N) is 3. The number of aromatic nitrogens is 2. The summed E-state index contributed by atoms with van der Waals surface area (Å²) in [5, 5.41) is 5.09. The lowest BCUT2D eigenvalue weighted by Crippen LogP contribution is -2.28. The van der Waals surface area contributed by atoms with Gasteiger partial charge in [0.2, 0.25) is 5.91 Å². The molecule has 8 nitrogen and oxygen atoms in total. The highest BCUT2D eigenvalue weighted by Gasteiger charge is 2.22. The molecule has 0 aliphatic carbocycles. The van der Waals surface area contributed by atoms with Gasteiger partial charge >= 0.3 is 0 Å². The second-order valence-corrected chi connectivity index (χ2v) is 11.6. The first kappa shape index (κ1) is 24.3. The highest BCUT2D eigenvalue weighted by molar-refractivity contribution is 7.92. The van der Waals surface area contributed by atoms with E-state index in [1.54, 1.807) is 22.1 Å². The molecule has 0 fully saturated rings. The van der Waals surface area contributed by atoms with Crippen molar-refractivity contribution >= 4 is 71.3 Å². The number of sulfone groups is 1. The van der Waals surface area contributed by atoms with Gasteiger partial charge in [0, 0.05) is 22.5 Å². The molecule has 4 rings (SSSR count). The Balaban J connectivity index is 1.43. The molecular weight excluding hydrogens is 516 g/mol. The van der Waals surface area contributed by atoms with Crippen molar-refractivity contribution in [3.63, 3.8) is 0 Å². The van der Waals surface area contributed by atoms with Gasteiger partial charge in [-0.3, -0.25) is 9.59 Å². The number of anilines is 1. The van der Waals surface area contributed by atoms with Crippen LogP contribution in [0.25, 0.3) is 21.5 Å². The number of benzene rings is 2. The van der Waals surface area contributed by atoms with E-state index in [4.69, 9.17) is 11.6 Å². The summed E-state index contributed by atoms with van der Waals surface area (Å²) >= 11 is 8.46. The zero-order valence-electron chi connectivity index (χ0n) is 17.9. The molecule has 2 aromatic carbocycles. The average molecular weight is 535 g/mol. The molecule has 2 aromatic heterocycles. The summed E-state index contributed by atoms with van der Waals surface area (Å²) in [6, 6.07) is 14.7. The Hall–Kier alpha value is -2.86. The van der Waals surface area contributed by atoms with Gasteiger partial charge in [-0.05, 0) is 25.1 Å². The molecule has 0 spiro atoms. The van der Waals surface area contributed by atoms with Crippen LogP contribution in [0.1, 0.15) is 6.92 Å². The molecule has 34 heavy (non-hydrogen) atoms. The van der Waals surface area contributed by atoms with E-state index in [1.165, 1.54) is 22.7 Å². The first-order valence-corrected chi connectivity index (χ1v) is 14.0. The number of thiazole rings is 2. The summed E-state index contributed by atoms with van der Waals surface area (Å²) in [4.78, 5) is 33.4. The number of rotatable bonds is 7. The van der Waals surface area contributed by atoms with E-state index in [-0.39, 0.29) is 5.13 Å². The van der Waals surface area contributed by atoms with Crippen LogP contribution in [-0.4, -0.2) is 41.3 Å². The summed E-state index contributed by atoms with van der Waals surface area (Å²) in [6.45, 7) is 2.44. The number of nitrogens with one attached hydrogen (secondary N) is 1. The van der Waals surface area contributed by atoms with Crippen molar-refractivity contribution < 1.29 is 18.0 Å². The van der Waals surface area contributed by atoms with E-state index in [0.717, 1.165) is 15.8 Å². The number of amides is 2. The first-order valence-electron chi connectivity index (χ1n) is 10.1. The second-order valence-electron chi connectivity index (χ2n) is 7.23. The Morgan fingerprint density at radius 3 is 2.65 bits per heavy atom. The lowest BCUT2D eigenvalue weighted by molar-refractivity contribution is -0.115. The molecule has 0 bridgehead atoms. The Labute approximate surface area is 208 Å². The summed E-state index contributed by atoms with van der Waals surface area (Å²) in [5.74, 6) is -3.31. The van der Waals surface area contributed by atoms with E-state index >= 15 is 0 Å². The van der Waals surface area contributed by atoms with Crippen LogP contribution < -0.4 is 10.1 Å². The third-order valence-electron chi connectivity index (χ3n) is 4.70. The van der Waals surface area contributed by atoms with Crippen LogP contribution in [0.3, 0.4) is 0 Å². The SMILES string of the molecule is CCn1c(=NC(=O)CS(=O)(=O)CC(=O)Nc2nc(-c3ccccc3)cs2)sc2cc(Cl)ccc21. The molecule has 176 valence electrons. The molecule has 1 N–H and O–H groups in total. The van der Waals surface area contributed by atoms with E-state index < -0.39 is 33.2 Å². The molecular formula is C22H19ClN4O4S3. The summed E-state index contributed by atoms with van der Waals surface area (Å²) in [5.41, 5.74) is 2.41. The van der Waals surface area contributed by atoms with Crippen LogP contribution in [0, 0.1) is 0 Å². The average Bonchev–Trinajstić information content (AvgIpc) is 3.36. The van der Waals surface area contributed by atoms with Crippen LogP contribution in [-0.2, 0) is 26.0 Å². The molecule has 2 heterocycles. The number of fused-ring (bicyclic) bond motifs is 1. The second kappa shape index (κ2) is 10.2. The lowest BCUT2D eigenvalue weighted by Gasteiger charge is -2.03. The molecule has 0 unspecified atom stereocenters. The molecule has 0 aliphatic heterocycles. The van der Waals surface area contributed by atoms with Crippen LogP contribution in [0.5, 0.6) is 0 Å². The van der Waals surface area contributed by atoms with Gasteiger partial charge in [0.15, 0.2) is 19.8 Å². The summed E-state index contributed by atoms with van der Waals surface area (Å²) < 4.78 is 27.5. The fraction of sp³-hybridized carbons (Fsp3) is 0.182. The van der Waals surface area contributed by atoms with Gasteiger partial charge in [-0.1, -0.05) is 53.3 Å². The van der Waals surface area contributed by atoms with Crippen LogP contribution in [0.2, 0.25) is 5.02 Å². The molecule has 2 amide bonds. The minimum Gasteiger partial charge on any atom is -0.317 e. The van der Waals surface area contributed by atoms with Gasteiger partial charge in [0.05, 0.1) is 15.9 Å². The molecule has 12 heteroatoms. The van der Waals surface area contributed by atoms with Crippen molar-refractivity contribution in [2.45, 2.75) is 13.5 Å². The van der Waals surface area contributed by atoms with Crippen molar-refractivity contribution in [2.75, 3.05) is 16.8 Å². The van der Waals surface area contributed by atoms with Gasteiger partial charge in [0.25, 0.3) is 5.91 Å². The number of aryl methyl sites for hydroxylation is 1. The van der Waals surface area contributed by atoms with Gasteiger partial charge < -0.3 is 9.88 Å². The van der Waals surface area contributed by atoms with Crippen molar-refractivity contribution in [1.82, 2.24) is 9.55 Å². The minimum absolute atomic E-state index is 0.281. The number of halogens is 1. The molecule has 0 saturated carbocycles. The fourth-order valence-corrected chi connectivity index (χ4v) is 6.38. The van der Waals surface area contributed by atoms with Gasteiger partial charge in [0.1, 0.15) is 11.5 Å². The van der Waals surface area contributed by atoms with E-state index in [1.807, 2.05) is 43.3 Å². The normalized spacial score (nSPS) is 12.2. The van der Waals surface area contributed by atoms with Crippen molar-refractivity contribution in [1.29, 1.82) is 0 Å². The van der Waals surface area contributed by atoms with Gasteiger partial charge in [-0.25, -0.2) is 13.4 Å². The summed E-state index contributed by atoms with van der Waals surface area (Å²) in [7, 11) is -4.03. The topological polar surface area (TPSA) is 110 Å². The van der Waals surface area contributed by atoms with Crippen LogP contribution in [0.15, 0.2) is 58.9 Å². The highest BCUT2D eigenvalue weighted by atomic mass is 35.5. The van der Waals surface area contributed by atoms with Crippen molar-refractivity contribution in [2.24, 2.45) is 4.99 Å². The predicted molar refractivity (Wildman–Crippen MR) is 136 cm³/mol. The minimum atomic E-state index is -4.03. The monoisotopic (exact) mass is 534 g/mol. The van der Waals surface area contributed by atoms with Crippen molar-refractivity contribution in [3.8, 4) is 11.3 Å². The van der Waals surface area contributed by atoms with Crippen LogP contribution in [0.4, 0.5) is 5.13 Å². The number of carbonyl (C=O) groups is 2. The zero-order chi connectivity index (χ0) is 24.3. The maximum Gasteiger partial charge on any atom is 0.263 e. The van der Waals surface area contributed by atoms with E-state index in [9.17, 15) is 18.0 Å². The Kier molecular flexibility index (Phi) is 7.27. The zero-order valence-corrected chi connectivity index (χ0v) is 21.1. The molecule has 0 aliphatic rings. The summed E-state index contributed by atoms with van der Waals surface area (Å²) in [6.07, 6.45) is 0. The molecule has 0 atom stereocenters. The van der Waals surface area contributed by atoms with E-state index in [2.05, 4.69) is 15.3 Å². The van der Waals surface area contributed by atoms with Gasteiger partial charge in [-0.15, -0.1) is 11.3 Å². The maximum atomic E-state index is 12.5. The quantitative estimate of drug-likeness (QED) is 0.385. The maximum absolute atomic E-state index is 12.5. The predicted octanol–water partition coefficient (Wildman–Crippen LogP) is 3.98. The van der Waals surface area contributed by atoms with Crippen LogP contribution >= 0.6 is 34.3 Å². The fourth-order valence-electron chi connectivity index (χ4n) is 3.24. The lowest BCUT2D eigenvalue weighted by atomic mass is 10.2. The molecule has 0 radical (unpaired) electrons. The Morgan fingerprint density at radius 1 is 1.15 bits per heavy atom. The van der Waals surface area contributed by atoms with Gasteiger partial charge in [-0.2, -0.15) is 4.99 Å². The highest BCUT2D eigenvalue weighted by Crippen LogP contribution is 2.24. The molecule has 4 aromatic rings. The number of hydrogen-bond acceptors (Lipinski definition) is 7. The number of hydrogen-bond donors (Lipinski definition) is 1. The Bertz CT molecular complexity index is 1540. The van der Waals surface area contributed by atoms with Crippen molar-refractivity contribution in [3.05, 3.63) is 63.7 Å². The van der Waals surface area contributed by atoms with E-state index in [0.29, 0.717) is 22.1 Å². The third-order valence-corrected chi connectivity index (χ3v) is 8.12. The molecule has 0 saturated heterocycles. The largest absolute Gasteiger partial charge is 0.317 e. The Morgan fingerprint density at radius 2 is 1.91 bits per heavy atom.